The SMILES string of the molecule is C[C@H](NC(=O)OC(C)(C)C)c1nc2cccc(OCCN3CCCC3=O)c2c(=O)n1-c1ccccc1. The van der Waals surface area contributed by atoms with E-state index in [1.54, 1.807) is 62.9 Å². The number of amides is 2. The summed E-state index contributed by atoms with van der Waals surface area (Å²) in [4.78, 5) is 44.8. The minimum absolute atomic E-state index is 0.126. The minimum Gasteiger partial charge on any atom is -0.491 e. The number of rotatable bonds is 7. The number of fused-ring (bicyclic) bond motifs is 1. The van der Waals surface area contributed by atoms with Crippen LogP contribution in [-0.4, -0.2) is 51.7 Å². The highest BCUT2D eigenvalue weighted by Gasteiger charge is 2.24. The van der Waals surface area contributed by atoms with Crippen molar-refractivity contribution in [2.24, 2.45) is 0 Å². The fourth-order valence-electron chi connectivity index (χ4n) is 4.21. The number of para-hydroxylation sites is 1. The van der Waals surface area contributed by atoms with Gasteiger partial charge < -0.3 is 19.7 Å². The van der Waals surface area contributed by atoms with Crippen LogP contribution >= 0.6 is 0 Å². The maximum atomic E-state index is 13.9. The fraction of sp³-hybridized carbons (Fsp3) is 0.407. The number of carbonyl (C=O) groups excluding carboxylic acids is 2. The first-order valence-electron chi connectivity index (χ1n) is 12.2. The molecule has 1 N–H and O–H groups in total. The maximum absolute atomic E-state index is 13.9. The summed E-state index contributed by atoms with van der Waals surface area (Å²) in [5.41, 5.74) is 0.0925. The van der Waals surface area contributed by atoms with E-state index < -0.39 is 17.7 Å². The van der Waals surface area contributed by atoms with E-state index in [1.165, 1.54) is 4.57 Å². The van der Waals surface area contributed by atoms with Gasteiger partial charge in [0.05, 0.1) is 23.8 Å². The second kappa shape index (κ2) is 10.4. The Morgan fingerprint density at radius 2 is 1.86 bits per heavy atom. The Morgan fingerprint density at radius 3 is 2.53 bits per heavy atom. The van der Waals surface area contributed by atoms with E-state index in [2.05, 4.69) is 5.32 Å². The number of carbonyl (C=O) groups is 2. The maximum Gasteiger partial charge on any atom is 0.408 e. The van der Waals surface area contributed by atoms with E-state index in [1.807, 2.05) is 18.2 Å². The molecule has 0 bridgehead atoms. The second-order valence-corrected chi connectivity index (χ2v) is 9.80. The molecule has 0 spiro atoms. The van der Waals surface area contributed by atoms with Crippen molar-refractivity contribution in [2.45, 2.75) is 52.2 Å². The summed E-state index contributed by atoms with van der Waals surface area (Å²) in [6.45, 7) is 8.57. The zero-order valence-corrected chi connectivity index (χ0v) is 21.1. The average Bonchev–Trinajstić information content (AvgIpc) is 3.22. The van der Waals surface area contributed by atoms with Crippen molar-refractivity contribution in [3.05, 3.63) is 64.7 Å². The number of aromatic nitrogens is 2. The molecule has 0 saturated carbocycles. The Labute approximate surface area is 210 Å². The normalized spacial score (nSPS) is 14.7. The summed E-state index contributed by atoms with van der Waals surface area (Å²) in [6.07, 6.45) is 0.826. The molecule has 2 amide bonds. The molecule has 9 nitrogen and oxygen atoms in total. The molecule has 190 valence electrons. The monoisotopic (exact) mass is 492 g/mol. The first-order chi connectivity index (χ1) is 17.1. The van der Waals surface area contributed by atoms with Gasteiger partial charge in [-0.3, -0.25) is 14.2 Å². The topological polar surface area (TPSA) is 103 Å². The molecule has 0 unspecified atom stereocenters. The van der Waals surface area contributed by atoms with Gasteiger partial charge in [-0.05, 0) is 58.4 Å². The molecule has 2 heterocycles. The number of benzene rings is 2. The third-order valence-electron chi connectivity index (χ3n) is 5.81. The van der Waals surface area contributed by atoms with Crippen molar-refractivity contribution in [1.82, 2.24) is 19.8 Å². The van der Waals surface area contributed by atoms with Crippen molar-refractivity contribution in [2.75, 3.05) is 19.7 Å². The third kappa shape index (κ3) is 5.67. The molecule has 36 heavy (non-hydrogen) atoms. The molecule has 1 aliphatic rings. The predicted octanol–water partition coefficient (Wildman–Crippen LogP) is 3.97. The van der Waals surface area contributed by atoms with Gasteiger partial charge in [0, 0.05) is 13.0 Å². The van der Waals surface area contributed by atoms with Gasteiger partial charge in [0.1, 0.15) is 29.2 Å². The molecule has 1 saturated heterocycles. The summed E-state index contributed by atoms with van der Waals surface area (Å²) in [7, 11) is 0. The van der Waals surface area contributed by atoms with Crippen LogP contribution in [0.25, 0.3) is 16.6 Å². The van der Waals surface area contributed by atoms with Crippen LogP contribution in [0.1, 0.15) is 52.4 Å². The zero-order chi connectivity index (χ0) is 25.9. The number of alkyl carbamates (subject to hydrolysis) is 1. The van der Waals surface area contributed by atoms with E-state index in [0.29, 0.717) is 41.1 Å². The minimum atomic E-state index is -0.661. The standard InChI is InChI=1S/C27H32N4O5/c1-18(28-26(34)36-27(2,3)4)24-29-20-12-8-13-21(35-17-16-30-15-9-14-22(30)32)23(20)25(33)31(24)19-10-6-5-7-11-19/h5-8,10-13,18H,9,14-17H2,1-4H3,(H,28,34)/t18-/m0/s1. The van der Waals surface area contributed by atoms with Gasteiger partial charge >= 0.3 is 6.09 Å². The van der Waals surface area contributed by atoms with Gasteiger partial charge in [0.2, 0.25) is 5.91 Å². The third-order valence-corrected chi connectivity index (χ3v) is 5.81. The lowest BCUT2D eigenvalue weighted by molar-refractivity contribution is -0.128. The van der Waals surface area contributed by atoms with Crippen molar-refractivity contribution in [3.8, 4) is 11.4 Å². The Bertz CT molecular complexity index is 1310. The first kappa shape index (κ1) is 25.2. The number of nitrogens with one attached hydrogen (secondary N) is 1. The number of likely N-dealkylation sites (tertiary alicyclic amines) is 1. The van der Waals surface area contributed by atoms with Crippen molar-refractivity contribution >= 4 is 22.9 Å². The predicted molar refractivity (Wildman–Crippen MR) is 136 cm³/mol. The van der Waals surface area contributed by atoms with Crippen LogP contribution in [0.5, 0.6) is 5.75 Å². The highest BCUT2D eigenvalue weighted by molar-refractivity contribution is 5.85. The van der Waals surface area contributed by atoms with Crippen LogP contribution in [0.4, 0.5) is 4.79 Å². The lowest BCUT2D eigenvalue weighted by Crippen LogP contribution is -2.37. The van der Waals surface area contributed by atoms with Crippen molar-refractivity contribution in [3.63, 3.8) is 0 Å². The summed E-state index contributed by atoms with van der Waals surface area (Å²) in [5.74, 6) is 0.894. The van der Waals surface area contributed by atoms with Crippen LogP contribution in [-0.2, 0) is 9.53 Å². The lowest BCUT2D eigenvalue weighted by atomic mass is 10.2. The Morgan fingerprint density at radius 1 is 1.11 bits per heavy atom. The summed E-state index contributed by atoms with van der Waals surface area (Å²) >= 11 is 0. The van der Waals surface area contributed by atoms with Crippen LogP contribution in [0.15, 0.2) is 53.3 Å². The highest BCUT2D eigenvalue weighted by atomic mass is 16.6. The smallest absolute Gasteiger partial charge is 0.408 e. The van der Waals surface area contributed by atoms with Gasteiger partial charge in [-0.2, -0.15) is 0 Å². The largest absolute Gasteiger partial charge is 0.491 e. The molecule has 3 aromatic rings. The van der Waals surface area contributed by atoms with Gasteiger partial charge in [-0.1, -0.05) is 24.3 Å². The molecular weight excluding hydrogens is 460 g/mol. The van der Waals surface area contributed by atoms with Crippen molar-refractivity contribution in [1.29, 1.82) is 0 Å². The molecule has 1 fully saturated rings. The van der Waals surface area contributed by atoms with Crippen LogP contribution in [0, 0.1) is 0 Å². The quantitative estimate of drug-likeness (QED) is 0.535. The van der Waals surface area contributed by atoms with E-state index in [0.717, 1.165) is 13.0 Å². The van der Waals surface area contributed by atoms with E-state index in [9.17, 15) is 14.4 Å². The fourth-order valence-corrected chi connectivity index (χ4v) is 4.21. The molecule has 1 aliphatic heterocycles. The summed E-state index contributed by atoms with van der Waals surface area (Å²) < 4.78 is 12.9. The van der Waals surface area contributed by atoms with Crippen LogP contribution < -0.4 is 15.6 Å². The second-order valence-electron chi connectivity index (χ2n) is 9.80. The van der Waals surface area contributed by atoms with Gasteiger partial charge in [0.15, 0.2) is 0 Å². The van der Waals surface area contributed by atoms with E-state index in [4.69, 9.17) is 14.5 Å². The molecule has 4 rings (SSSR count). The lowest BCUT2D eigenvalue weighted by Gasteiger charge is -2.23. The number of ether oxygens (including phenoxy) is 2. The first-order valence-corrected chi connectivity index (χ1v) is 12.2. The van der Waals surface area contributed by atoms with Gasteiger partial charge in [0.25, 0.3) is 5.56 Å². The molecular formula is C27H32N4O5. The number of hydrogen-bond donors (Lipinski definition) is 1. The molecule has 0 radical (unpaired) electrons. The number of hydrogen-bond acceptors (Lipinski definition) is 6. The molecule has 0 aliphatic carbocycles. The Balaban J connectivity index is 1.72. The Kier molecular flexibility index (Phi) is 7.28. The van der Waals surface area contributed by atoms with Gasteiger partial charge in [-0.15, -0.1) is 0 Å². The van der Waals surface area contributed by atoms with E-state index >= 15 is 0 Å². The van der Waals surface area contributed by atoms with Crippen LogP contribution in [0.2, 0.25) is 0 Å². The molecule has 9 heteroatoms. The number of nitrogens with zero attached hydrogens (tertiary/aromatic N) is 3. The summed E-state index contributed by atoms with van der Waals surface area (Å²) in [6, 6.07) is 13.8. The molecule has 1 atom stereocenters. The molecule has 2 aromatic carbocycles. The highest BCUT2D eigenvalue weighted by Crippen LogP contribution is 2.25. The Hall–Kier alpha value is -3.88. The summed E-state index contributed by atoms with van der Waals surface area (Å²) in [5, 5.41) is 3.12. The van der Waals surface area contributed by atoms with Crippen LogP contribution in [0.3, 0.4) is 0 Å². The van der Waals surface area contributed by atoms with Crippen molar-refractivity contribution < 1.29 is 19.1 Å². The van der Waals surface area contributed by atoms with Gasteiger partial charge in [-0.25, -0.2) is 9.78 Å². The zero-order valence-electron chi connectivity index (χ0n) is 21.1. The average molecular weight is 493 g/mol. The molecule has 1 aromatic heterocycles. The van der Waals surface area contributed by atoms with E-state index in [-0.39, 0.29) is 18.1 Å².